The zero-order valence-corrected chi connectivity index (χ0v) is 12.4. The van der Waals surface area contributed by atoms with Crippen LogP contribution in [0.5, 0.6) is 5.75 Å². The minimum absolute atomic E-state index is 0.00348. The van der Waals surface area contributed by atoms with Crippen molar-refractivity contribution in [1.29, 1.82) is 0 Å². The molecule has 0 radical (unpaired) electrons. The third kappa shape index (κ3) is 8.82. The van der Waals surface area contributed by atoms with Crippen LogP contribution in [-0.2, 0) is 16.0 Å². The van der Waals surface area contributed by atoms with Crippen molar-refractivity contribution in [3.05, 3.63) is 29.8 Å². The number of halogens is 6. The second-order valence-corrected chi connectivity index (χ2v) is 4.97. The Labute approximate surface area is 137 Å². The number of alkyl halides is 6. The third-order valence-electron chi connectivity index (χ3n) is 2.87. The summed E-state index contributed by atoms with van der Waals surface area (Å²) in [6.07, 6.45) is -11.6. The molecule has 1 unspecified atom stereocenters. The summed E-state index contributed by atoms with van der Waals surface area (Å²) in [6.45, 7) is 0. The fourth-order valence-electron chi connectivity index (χ4n) is 1.81. The Kier molecular flexibility index (Phi) is 6.65. The van der Waals surface area contributed by atoms with E-state index < -0.39 is 42.6 Å². The summed E-state index contributed by atoms with van der Waals surface area (Å²) in [4.78, 5) is 22.3. The van der Waals surface area contributed by atoms with Crippen LogP contribution in [0, 0.1) is 0 Å². The van der Waals surface area contributed by atoms with Crippen LogP contribution >= 0.6 is 0 Å². The predicted molar refractivity (Wildman–Crippen MR) is 71.7 cm³/mol. The maximum atomic E-state index is 12.2. The van der Waals surface area contributed by atoms with E-state index in [-0.39, 0.29) is 12.8 Å². The number of aliphatic carboxylic acids is 1. The van der Waals surface area contributed by atoms with Gasteiger partial charge < -0.3 is 15.2 Å². The van der Waals surface area contributed by atoms with E-state index in [0.717, 1.165) is 12.1 Å². The van der Waals surface area contributed by atoms with Crippen molar-refractivity contribution >= 4 is 11.9 Å². The van der Waals surface area contributed by atoms with E-state index in [4.69, 9.17) is 5.11 Å². The van der Waals surface area contributed by atoms with Crippen LogP contribution in [0.25, 0.3) is 0 Å². The van der Waals surface area contributed by atoms with E-state index in [0.29, 0.717) is 5.56 Å². The van der Waals surface area contributed by atoms with Gasteiger partial charge in [0.15, 0.2) is 0 Å². The molecule has 2 N–H and O–H groups in total. The van der Waals surface area contributed by atoms with Crippen LogP contribution in [0.15, 0.2) is 24.3 Å². The molecule has 0 spiro atoms. The first-order valence-corrected chi connectivity index (χ1v) is 6.79. The highest BCUT2D eigenvalue weighted by Crippen LogP contribution is 2.23. The molecule has 1 amide bonds. The first-order chi connectivity index (χ1) is 11.4. The molecular formula is C14H13F6NO4. The minimum Gasteiger partial charge on any atom is -0.480 e. The standard InChI is InChI=1S/C14H13F6NO4/c15-13(16,17)7-10(12(23)24)21-11(22)6-3-8-1-4-9(5-2-8)25-14(18,19)20/h1-2,4-5,10H,3,6-7H2,(H,21,22)(H,23,24). The van der Waals surface area contributed by atoms with Crippen LogP contribution in [0.3, 0.4) is 0 Å². The molecule has 1 aromatic carbocycles. The number of nitrogens with one attached hydrogen (secondary N) is 1. The van der Waals surface area contributed by atoms with Gasteiger partial charge in [-0.1, -0.05) is 12.1 Å². The van der Waals surface area contributed by atoms with E-state index in [2.05, 4.69) is 4.74 Å². The summed E-state index contributed by atoms with van der Waals surface area (Å²) in [6, 6.07) is 2.43. The lowest BCUT2D eigenvalue weighted by Crippen LogP contribution is -2.43. The summed E-state index contributed by atoms with van der Waals surface area (Å²) in [5.41, 5.74) is 0.423. The summed E-state index contributed by atoms with van der Waals surface area (Å²) in [7, 11) is 0. The summed E-state index contributed by atoms with van der Waals surface area (Å²) >= 11 is 0. The number of ether oxygens (including phenoxy) is 1. The van der Waals surface area contributed by atoms with E-state index in [9.17, 15) is 35.9 Å². The quantitative estimate of drug-likeness (QED) is 0.721. The summed E-state index contributed by atoms with van der Waals surface area (Å²) in [5.74, 6) is -3.21. The number of hydrogen-bond acceptors (Lipinski definition) is 3. The molecule has 1 rings (SSSR count). The van der Waals surface area contributed by atoms with Gasteiger partial charge in [0.2, 0.25) is 5.91 Å². The molecule has 0 aliphatic heterocycles. The highest BCUT2D eigenvalue weighted by Gasteiger charge is 2.36. The molecule has 11 heteroatoms. The molecule has 0 bridgehead atoms. The average molecular weight is 373 g/mol. The van der Waals surface area contributed by atoms with Crippen LogP contribution < -0.4 is 10.1 Å². The number of hydrogen-bond donors (Lipinski definition) is 2. The Morgan fingerprint density at radius 2 is 1.64 bits per heavy atom. The maximum Gasteiger partial charge on any atom is 0.573 e. The monoisotopic (exact) mass is 373 g/mol. The summed E-state index contributed by atoms with van der Waals surface area (Å²) < 4.78 is 76.3. The number of carboxylic acid groups (broad SMARTS) is 1. The molecule has 0 aliphatic carbocycles. The molecule has 0 fully saturated rings. The Morgan fingerprint density at radius 1 is 1.08 bits per heavy atom. The van der Waals surface area contributed by atoms with E-state index >= 15 is 0 Å². The number of aryl methyl sites for hydroxylation is 1. The average Bonchev–Trinajstić information content (AvgIpc) is 2.42. The van der Waals surface area contributed by atoms with E-state index in [1.54, 1.807) is 5.32 Å². The van der Waals surface area contributed by atoms with Gasteiger partial charge in [0, 0.05) is 6.42 Å². The van der Waals surface area contributed by atoms with Gasteiger partial charge >= 0.3 is 18.5 Å². The molecule has 0 heterocycles. The highest BCUT2D eigenvalue weighted by atomic mass is 19.4. The molecular weight excluding hydrogens is 360 g/mol. The van der Waals surface area contributed by atoms with Crippen LogP contribution in [-0.4, -0.2) is 35.6 Å². The maximum absolute atomic E-state index is 12.2. The van der Waals surface area contributed by atoms with Crippen LogP contribution in [0.2, 0.25) is 0 Å². The van der Waals surface area contributed by atoms with Gasteiger partial charge in [-0.2, -0.15) is 13.2 Å². The van der Waals surface area contributed by atoms with Gasteiger partial charge in [0.25, 0.3) is 0 Å². The number of rotatable bonds is 7. The predicted octanol–water partition coefficient (Wildman–Crippen LogP) is 3.04. The number of carboxylic acids is 1. The first kappa shape index (κ1) is 20.6. The fraction of sp³-hybridized carbons (Fsp3) is 0.429. The molecule has 1 atom stereocenters. The first-order valence-electron chi connectivity index (χ1n) is 6.79. The van der Waals surface area contributed by atoms with Crippen molar-refractivity contribution in [2.24, 2.45) is 0 Å². The van der Waals surface area contributed by atoms with Crippen LogP contribution in [0.4, 0.5) is 26.3 Å². The summed E-state index contributed by atoms with van der Waals surface area (Å²) in [5, 5.41) is 10.4. The second kappa shape index (κ2) is 8.08. The van der Waals surface area contributed by atoms with E-state index in [1.165, 1.54) is 12.1 Å². The fourth-order valence-corrected chi connectivity index (χ4v) is 1.81. The van der Waals surface area contributed by atoms with Crippen molar-refractivity contribution in [1.82, 2.24) is 5.32 Å². The van der Waals surface area contributed by atoms with Crippen molar-refractivity contribution in [3.8, 4) is 5.75 Å². The van der Waals surface area contributed by atoms with Gasteiger partial charge in [0.05, 0.1) is 6.42 Å². The molecule has 1 aromatic rings. The minimum atomic E-state index is -4.84. The van der Waals surface area contributed by atoms with Crippen molar-refractivity contribution in [3.63, 3.8) is 0 Å². The Morgan fingerprint density at radius 3 is 2.08 bits per heavy atom. The molecule has 5 nitrogen and oxygen atoms in total. The third-order valence-corrected chi connectivity index (χ3v) is 2.87. The van der Waals surface area contributed by atoms with Gasteiger partial charge in [-0.25, -0.2) is 4.79 Å². The highest BCUT2D eigenvalue weighted by molar-refractivity contribution is 5.83. The molecule has 0 saturated carbocycles. The normalized spacial score (nSPS) is 13.2. The Bertz CT molecular complexity index is 597. The number of amides is 1. The van der Waals surface area contributed by atoms with Gasteiger partial charge in [-0.05, 0) is 24.1 Å². The largest absolute Gasteiger partial charge is 0.573 e. The Balaban J connectivity index is 2.54. The lowest BCUT2D eigenvalue weighted by atomic mass is 10.1. The van der Waals surface area contributed by atoms with Crippen LogP contribution in [0.1, 0.15) is 18.4 Å². The Hall–Kier alpha value is -2.46. The lowest BCUT2D eigenvalue weighted by Gasteiger charge is -2.16. The molecule has 140 valence electrons. The van der Waals surface area contributed by atoms with E-state index in [1.807, 2.05) is 0 Å². The van der Waals surface area contributed by atoms with Crippen molar-refractivity contribution in [2.45, 2.75) is 37.8 Å². The zero-order chi connectivity index (χ0) is 19.3. The number of benzene rings is 1. The topological polar surface area (TPSA) is 75.6 Å². The van der Waals surface area contributed by atoms with Gasteiger partial charge in [0.1, 0.15) is 11.8 Å². The van der Waals surface area contributed by atoms with Gasteiger partial charge in [-0.3, -0.25) is 4.79 Å². The molecule has 0 saturated heterocycles. The van der Waals surface area contributed by atoms with Crippen molar-refractivity contribution < 1.29 is 45.8 Å². The SMILES string of the molecule is O=C(CCc1ccc(OC(F)(F)F)cc1)NC(CC(F)(F)F)C(=O)O. The molecule has 0 aliphatic rings. The van der Waals surface area contributed by atoms with Gasteiger partial charge in [-0.15, -0.1) is 13.2 Å². The second-order valence-electron chi connectivity index (χ2n) is 4.97. The molecule has 25 heavy (non-hydrogen) atoms. The zero-order valence-electron chi connectivity index (χ0n) is 12.4. The molecule has 0 aromatic heterocycles. The number of carbonyl (C=O) groups is 2. The smallest absolute Gasteiger partial charge is 0.480 e. The van der Waals surface area contributed by atoms with Crippen molar-refractivity contribution in [2.75, 3.05) is 0 Å². The lowest BCUT2D eigenvalue weighted by molar-refractivity contribution is -0.274. The number of carbonyl (C=O) groups excluding carboxylic acids is 1.